The molecule has 0 aromatic carbocycles. The second kappa shape index (κ2) is 5.31. The number of hydrogen-bond donors (Lipinski definition) is 2. The van der Waals surface area contributed by atoms with Crippen LogP contribution < -0.4 is 10.6 Å². The molecule has 1 saturated heterocycles. The number of rotatable bonds is 2. The molecule has 16 heavy (non-hydrogen) atoms. The lowest BCUT2D eigenvalue weighted by Gasteiger charge is -2.24. The van der Waals surface area contributed by atoms with E-state index in [0.717, 1.165) is 45.2 Å². The van der Waals surface area contributed by atoms with Crippen molar-refractivity contribution in [1.82, 2.24) is 10.6 Å². The zero-order valence-corrected chi connectivity index (χ0v) is 9.54. The highest BCUT2D eigenvalue weighted by atomic mass is 16.2. The standard InChI is InChI=1S/C12H19N3O/c13-7-9-3-1-5-11(9)15-12(16)10-4-2-6-14-8-10/h9-11,14H,1-6,8H2,(H,15,16)/t9?,10-,11?/m1/s1. The largest absolute Gasteiger partial charge is 0.352 e. The Bertz CT molecular complexity index is 291. The van der Waals surface area contributed by atoms with Gasteiger partial charge in [-0.05, 0) is 38.6 Å². The van der Waals surface area contributed by atoms with Crippen molar-refractivity contribution in [2.75, 3.05) is 13.1 Å². The van der Waals surface area contributed by atoms with Gasteiger partial charge in [0.15, 0.2) is 0 Å². The Balaban J connectivity index is 1.84. The second-order valence-electron chi connectivity index (χ2n) is 4.82. The first-order chi connectivity index (χ1) is 7.81. The van der Waals surface area contributed by atoms with Gasteiger partial charge in [0.1, 0.15) is 0 Å². The highest BCUT2D eigenvalue weighted by Gasteiger charge is 2.30. The summed E-state index contributed by atoms with van der Waals surface area (Å²) in [6.07, 6.45) is 5.01. The van der Waals surface area contributed by atoms with Gasteiger partial charge in [0.2, 0.25) is 5.91 Å². The number of carbonyl (C=O) groups excluding carboxylic acids is 1. The van der Waals surface area contributed by atoms with Crippen molar-refractivity contribution in [3.05, 3.63) is 0 Å². The van der Waals surface area contributed by atoms with Gasteiger partial charge in [-0.2, -0.15) is 5.26 Å². The summed E-state index contributed by atoms with van der Waals surface area (Å²) in [6, 6.07) is 2.39. The molecule has 4 nitrogen and oxygen atoms in total. The van der Waals surface area contributed by atoms with E-state index in [-0.39, 0.29) is 23.8 Å². The molecule has 1 aliphatic heterocycles. The van der Waals surface area contributed by atoms with Crippen LogP contribution in [0.1, 0.15) is 32.1 Å². The van der Waals surface area contributed by atoms with E-state index in [2.05, 4.69) is 16.7 Å². The Hall–Kier alpha value is -1.08. The summed E-state index contributed by atoms with van der Waals surface area (Å²) in [5.41, 5.74) is 0. The third-order valence-corrected chi connectivity index (χ3v) is 3.68. The Morgan fingerprint density at radius 1 is 1.31 bits per heavy atom. The summed E-state index contributed by atoms with van der Waals surface area (Å²) in [5.74, 6) is 0.272. The fourth-order valence-corrected chi connectivity index (χ4v) is 2.66. The van der Waals surface area contributed by atoms with Gasteiger partial charge in [-0.25, -0.2) is 0 Å². The fourth-order valence-electron chi connectivity index (χ4n) is 2.66. The van der Waals surface area contributed by atoms with Gasteiger partial charge in [-0.3, -0.25) is 4.79 Å². The topological polar surface area (TPSA) is 64.9 Å². The van der Waals surface area contributed by atoms with Gasteiger partial charge in [0.05, 0.1) is 17.9 Å². The fraction of sp³-hybridized carbons (Fsp3) is 0.833. The van der Waals surface area contributed by atoms with Crippen LogP contribution in [0.3, 0.4) is 0 Å². The predicted molar refractivity (Wildman–Crippen MR) is 60.5 cm³/mol. The van der Waals surface area contributed by atoms with Crippen molar-refractivity contribution >= 4 is 5.91 Å². The summed E-state index contributed by atoms with van der Waals surface area (Å²) in [5, 5.41) is 15.2. The van der Waals surface area contributed by atoms with E-state index >= 15 is 0 Å². The molecule has 2 unspecified atom stereocenters. The highest BCUT2D eigenvalue weighted by Crippen LogP contribution is 2.25. The van der Waals surface area contributed by atoms with Crippen LogP contribution in [0.15, 0.2) is 0 Å². The maximum absolute atomic E-state index is 12.0. The average Bonchev–Trinajstić information content (AvgIpc) is 2.77. The first-order valence-corrected chi connectivity index (χ1v) is 6.22. The van der Waals surface area contributed by atoms with Gasteiger partial charge < -0.3 is 10.6 Å². The molecule has 1 aliphatic carbocycles. The molecule has 2 N–H and O–H groups in total. The van der Waals surface area contributed by atoms with Crippen molar-refractivity contribution in [1.29, 1.82) is 5.26 Å². The monoisotopic (exact) mass is 221 g/mol. The molecular weight excluding hydrogens is 202 g/mol. The molecule has 1 amide bonds. The number of nitrogens with one attached hydrogen (secondary N) is 2. The summed E-state index contributed by atoms with van der Waals surface area (Å²) < 4.78 is 0. The minimum Gasteiger partial charge on any atom is -0.352 e. The second-order valence-corrected chi connectivity index (χ2v) is 4.82. The maximum Gasteiger partial charge on any atom is 0.224 e. The van der Waals surface area contributed by atoms with Crippen molar-refractivity contribution in [2.45, 2.75) is 38.1 Å². The molecule has 1 saturated carbocycles. The predicted octanol–water partition coefficient (Wildman–Crippen LogP) is 0.794. The van der Waals surface area contributed by atoms with Crippen LogP contribution in [0.2, 0.25) is 0 Å². The molecule has 3 atom stereocenters. The summed E-state index contributed by atoms with van der Waals surface area (Å²) in [7, 11) is 0. The van der Waals surface area contributed by atoms with Crippen LogP contribution in [-0.4, -0.2) is 25.0 Å². The van der Waals surface area contributed by atoms with Crippen molar-refractivity contribution < 1.29 is 4.79 Å². The average molecular weight is 221 g/mol. The lowest BCUT2D eigenvalue weighted by Crippen LogP contribution is -2.45. The summed E-state index contributed by atoms with van der Waals surface area (Å²) in [4.78, 5) is 12.0. The van der Waals surface area contributed by atoms with Crippen LogP contribution in [0, 0.1) is 23.2 Å². The molecule has 88 valence electrons. The van der Waals surface area contributed by atoms with E-state index in [0.29, 0.717) is 0 Å². The smallest absolute Gasteiger partial charge is 0.224 e. The van der Waals surface area contributed by atoms with E-state index in [1.807, 2.05) is 0 Å². The Kier molecular flexibility index (Phi) is 3.79. The Morgan fingerprint density at radius 3 is 2.88 bits per heavy atom. The van der Waals surface area contributed by atoms with Crippen molar-refractivity contribution in [2.24, 2.45) is 11.8 Å². The van der Waals surface area contributed by atoms with Gasteiger partial charge in [0, 0.05) is 12.6 Å². The third kappa shape index (κ3) is 2.53. The third-order valence-electron chi connectivity index (χ3n) is 3.68. The molecule has 0 aromatic rings. The molecule has 0 aromatic heterocycles. The van der Waals surface area contributed by atoms with E-state index in [1.165, 1.54) is 0 Å². The first kappa shape index (κ1) is 11.4. The number of piperidine rings is 1. The molecule has 4 heteroatoms. The SMILES string of the molecule is N#CC1CCCC1NC(=O)[C@@H]1CCCNC1. The minimum atomic E-state index is 0.0282. The minimum absolute atomic E-state index is 0.0282. The summed E-state index contributed by atoms with van der Waals surface area (Å²) in [6.45, 7) is 1.81. The Labute approximate surface area is 96.4 Å². The molecule has 1 heterocycles. The van der Waals surface area contributed by atoms with Gasteiger partial charge in [-0.1, -0.05) is 0 Å². The van der Waals surface area contributed by atoms with Gasteiger partial charge in [0.25, 0.3) is 0 Å². The molecule has 0 spiro atoms. The first-order valence-electron chi connectivity index (χ1n) is 6.22. The van der Waals surface area contributed by atoms with Crippen molar-refractivity contribution in [3.63, 3.8) is 0 Å². The van der Waals surface area contributed by atoms with E-state index < -0.39 is 0 Å². The highest BCUT2D eigenvalue weighted by molar-refractivity contribution is 5.79. The molecule has 2 rings (SSSR count). The van der Waals surface area contributed by atoms with Crippen LogP contribution in [0.25, 0.3) is 0 Å². The lowest BCUT2D eigenvalue weighted by atomic mass is 9.97. The lowest BCUT2D eigenvalue weighted by molar-refractivity contribution is -0.126. The quantitative estimate of drug-likeness (QED) is 0.724. The number of hydrogen-bond acceptors (Lipinski definition) is 3. The van der Waals surface area contributed by atoms with Crippen LogP contribution in [0.5, 0.6) is 0 Å². The number of nitriles is 1. The van der Waals surface area contributed by atoms with E-state index in [1.54, 1.807) is 0 Å². The normalized spacial score (nSPS) is 34.3. The Morgan fingerprint density at radius 2 is 2.19 bits per heavy atom. The number of amides is 1. The molecular formula is C12H19N3O. The maximum atomic E-state index is 12.0. The number of carbonyl (C=O) groups is 1. The molecule has 0 radical (unpaired) electrons. The van der Waals surface area contributed by atoms with E-state index in [9.17, 15) is 4.79 Å². The molecule has 2 fully saturated rings. The van der Waals surface area contributed by atoms with Crippen molar-refractivity contribution in [3.8, 4) is 6.07 Å². The van der Waals surface area contributed by atoms with Crippen LogP contribution in [0.4, 0.5) is 0 Å². The number of nitrogens with zero attached hydrogens (tertiary/aromatic N) is 1. The van der Waals surface area contributed by atoms with Crippen LogP contribution >= 0.6 is 0 Å². The molecule has 2 aliphatic rings. The van der Waals surface area contributed by atoms with Gasteiger partial charge >= 0.3 is 0 Å². The zero-order valence-electron chi connectivity index (χ0n) is 9.54. The van der Waals surface area contributed by atoms with E-state index in [4.69, 9.17) is 5.26 Å². The van der Waals surface area contributed by atoms with Gasteiger partial charge in [-0.15, -0.1) is 0 Å². The zero-order chi connectivity index (χ0) is 11.4. The van der Waals surface area contributed by atoms with Crippen LogP contribution in [-0.2, 0) is 4.79 Å². The molecule has 0 bridgehead atoms. The summed E-state index contributed by atoms with van der Waals surface area (Å²) >= 11 is 0.